The van der Waals surface area contributed by atoms with Crippen LogP contribution in [0.3, 0.4) is 0 Å². The van der Waals surface area contributed by atoms with Crippen LogP contribution in [-0.4, -0.2) is 52.3 Å². The van der Waals surface area contributed by atoms with Gasteiger partial charge in [0, 0.05) is 67.3 Å². The van der Waals surface area contributed by atoms with E-state index in [-0.39, 0.29) is 11.6 Å². The third kappa shape index (κ3) is 5.01. The molecule has 0 aromatic carbocycles. The van der Waals surface area contributed by atoms with Crippen LogP contribution in [0.5, 0.6) is 0 Å². The minimum Gasteiger partial charge on any atom is -0.368 e. The summed E-state index contributed by atoms with van der Waals surface area (Å²) in [4.78, 5) is 26.6. The molecule has 2 aromatic heterocycles. The summed E-state index contributed by atoms with van der Waals surface area (Å²) in [6, 6.07) is 1.93. The number of aromatic nitrogens is 3. The number of aryl methyl sites for hydroxylation is 1. The molecule has 1 saturated heterocycles. The molecule has 4 heterocycles. The van der Waals surface area contributed by atoms with Crippen LogP contribution in [0.1, 0.15) is 58.1 Å². The second-order valence-corrected chi connectivity index (χ2v) is 9.92. The Morgan fingerprint density at radius 1 is 1.29 bits per heavy atom. The first-order chi connectivity index (χ1) is 16.2. The predicted molar refractivity (Wildman–Crippen MR) is 139 cm³/mol. The van der Waals surface area contributed by atoms with E-state index in [4.69, 9.17) is 0 Å². The third-order valence-corrected chi connectivity index (χ3v) is 6.36. The molecule has 8 heteroatoms. The maximum Gasteiger partial charge on any atom is 0.327 e. The van der Waals surface area contributed by atoms with Crippen LogP contribution in [-0.2, 0) is 6.42 Å². The van der Waals surface area contributed by atoms with Gasteiger partial charge in [0.15, 0.2) is 0 Å². The van der Waals surface area contributed by atoms with Gasteiger partial charge >= 0.3 is 6.03 Å². The van der Waals surface area contributed by atoms with Crippen LogP contribution in [0, 0.1) is 6.92 Å². The number of rotatable bonds is 5. The van der Waals surface area contributed by atoms with Crippen molar-refractivity contribution in [1.29, 1.82) is 0 Å². The fraction of sp³-hybridized carbons (Fsp3) is 0.500. The molecule has 0 atom stereocenters. The summed E-state index contributed by atoms with van der Waals surface area (Å²) in [6.07, 6.45) is 9.64. The number of carbonyl (C=O) groups excluding carboxylic acids is 1. The van der Waals surface area contributed by atoms with Crippen LogP contribution in [0.15, 0.2) is 30.2 Å². The minimum absolute atomic E-state index is 0.0567. The Kier molecular flexibility index (Phi) is 6.79. The van der Waals surface area contributed by atoms with Gasteiger partial charge in [0.25, 0.3) is 0 Å². The molecule has 182 valence electrons. The van der Waals surface area contributed by atoms with Crippen molar-refractivity contribution in [3.63, 3.8) is 0 Å². The number of fused-ring (bicyclic) bond motifs is 1. The van der Waals surface area contributed by atoms with Crippen LogP contribution in [0.4, 0.5) is 16.3 Å². The van der Waals surface area contributed by atoms with Gasteiger partial charge in [-0.3, -0.25) is 4.90 Å². The van der Waals surface area contributed by atoms with Crippen molar-refractivity contribution in [2.75, 3.05) is 36.0 Å². The second kappa shape index (κ2) is 9.62. The number of nitrogens with one attached hydrogen (secondary N) is 2. The highest BCUT2D eigenvalue weighted by atomic mass is 16.2. The Morgan fingerprint density at radius 2 is 2.09 bits per heavy atom. The molecule has 1 fully saturated rings. The number of amides is 2. The van der Waals surface area contributed by atoms with Crippen molar-refractivity contribution >= 4 is 29.3 Å². The van der Waals surface area contributed by atoms with Crippen molar-refractivity contribution < 1.29 is 4.79 Å². The highest BCUT2D eigenvalue weighted by molar-refractivity contribution is 5.95. The van der Waals surface area contributed by atoms with Gasteiger partial charge in [0.1, 0.15) is 11.6 Å². The minimum atomic E-state index is -0.156. The van der Waals surface area contributed by atoms with E-state index in [9.17, 15) is 4.79 Å². The molecule has 0 saturated carbocycles. The lowest BCUT2D eigenvalue weighted by molar-refractivity contribution is 0.249. The van der Waals surface area contributed by atoms with Crippen molar-refractivity contribution in [2.45, 2.75) is 59.9 Å². The van der Waals surface area contributed by atoms with Crippen LogP contribution in [0.2, 0.25) is 0 Å². The normalized spacial score (nSPS) is 18.3. The molecule has 2 aliphatic rings. The number of hydrogen-bond acceptors (Lipinski definition) is 5. The van der Waals surface area contributed by atoms with Gasteiger partial charge in [0.2, 0.25) is 0 Å². The molecule has 8 nitrogen and oxygen atoms in total. The van der Waals surface area contributed by atoms with Gasteiger partial charge < -0.3 is 20.1 Å². The number of nitrogens with zero attached hydrogens (tertiary/aromatic N) is 5. The number of allylic oxidation sites excluding steroid dienone is 3. The van der Waals surface area contributed by atoms with Crippen LogP contribution < -0.4 is 20.4 Å². The van der Waals surface area contributed by atoms with Crippen LogP contribution >= 0.6 is 0 Å². The smallest absolute Gasteiger partial charge is 0.327 e. The number of pyridine rings is 1. The zero-order chi connectivity index (χ0) is 24.5. The lowest BCUT2D eigenvalue weighted by Crippen LogP contribution is -2.57. The van der Waals surface area contributed by atoms with Gasteiger partial charge in [-0.25, -0.2) is 14.8 Å². The first-order valence-electron chi connectivity index (χ1n) is 12.2. The molecule has 2 amide bonds. The lowest BCUT2D eigenvalue weighted by Gasteiger charge is -2.41. The van der Waals surface area contributed by atoms with E-state index in [1.165, 1.54) is 5.69 Å². The molecule has 0 bridgehead atoms. The Balaban J connectivity index is 1.52. The van der Waals surface area contributed by atoms with Gasteiger partial charge in [-0.2, -0.15) is 0 Å². The molecule has 4 rings (SSSR count). The summed E-state index contributed by atoms with van der Waals surface area (Å²) < 4.78 is 1.98. The van der Waals surface area contributed by atoms with E-state index < -0.39 is 0 Å². The summed E-state index contributed by atoms with van der Waals surface area (Å²) >= 11 is 0. The second-order valence-electron chi connectivity index (χ2n) is 9.92. The van der Waals surface area contributed by atoms with E-state index in [1.807, 2.05) is 37.0 Å². The number of hydrogen-bond donors (Lipinski definition) is 2. The summed E-state index contributed by atoms with van der Waals surface area (Å²) in [5, 5.41) is 6.61. The van der Waals surface area contributed by atoms with Crippen LogP contribution in [0.25, 0.3) is 11.8 Å². The zero-order valence-corrected chi connectivity index (χ0v) is 21.3. The van der Waals surface area contributed by atoms with Crippen molar-refractivity contribution in [2.24, 2.45) is 0 Å². The van der Waals surface area contributed by atoms with Gasteiger partial charge in [-0.15, -0.1) is 0 Å². The monoisotopic (exact) mass is 463 g/mol. The summed E-state index contributed by atoms with van der Waals surface area (Å²) in [6.45, 7) is 16.0. The molecule has 2 aromatic rings. The SMILES string of the molecule is CC/C=C(\C)c1nc(C)cn1/C=C(\C)NC(=O)N1CCc2c(N3CCNC(C)(C)C3)ccnc21. The largest absolute Gasteiger partial charge is 0.368 e. The third-order valence-electron chi connectivity index (χ3n) is 6.36. The molecule has 2 N–H and O–H groups in total. The van der Waals surface area contributed by atoms with Crippen molar-refractivity contribution in [3.8, 4) is 0 Å². The molecule has 0 spiro atoms. The average molecular weight is 464 g/mol. The zero-order valence-electron chi connectivity index (χ0n) is 21.3. The molecular weight excluding hydrogens is 426 g/mol. The Morgan fingerprint density at radius 3 is 2.82 bits per heavy atom. The van der Waals surface area contributed by atoms with E-state index in [0.29, 0.717) is 6.54 Å². The van der Waals surface area contributed by atoms with E-state index >= 15 is 0 Å². The summed E-state index contributed by atoms with van der Waals surface area (Å²) in [5.74, 6) is 1.66. The average Bonchev–Trinajstić information content (AvgIpc) is 3.36. The standard InChI is InChI=1S/C26H37N7O/c1-7-8-18(2)23-29-19(3)15-32(23)16-20(4)30-25(34)33-13-10-21-22(9-11-27-24(21)33)31-14-12-28-26(5,6)17-31/h8-9,11,15-16,28H,7,10,12-14,17H2,1-6H3,(H,30,34)/b18-8+,20-16+. The van der Waals surface area contributed by atoms with Gasteiger partial charge in [0.05, 0.1) is 5.69 Å². The predicted octanol–water partition coefficient (Wildman–Crippen LogP) is 4.18. The highest BCUT2D eigenvalue weighted by Crippen LogP contribution is 2.35. The van der Waals surface area contributed by atoms with Crippen molar-refractivity contribution in [3.05, 3.63) is 47.3 Å². The maximum absolute atomic E-state index is 13.2. The molecule has 0 aliphatic carbocycles. The molecule has 0 radical (unpaired) electrons. The molecule has 0 unspecified atom stereocenters. The Bertz CT molecular complexity index is 1130. The lowest BCUT2D eigenvalue weighted by atomic mass is 10.0. The topological polar surface area (TPSA) is 78.3 Å². The van der Waals surface area contributed by atoms with E-state index in [2.05, 4.69) is 65.3 Å². The Labute approximate surface area is 202 Å². The first-order valence-corrected chi connectivity index (χ1v) is 12.2. The summed E-state index contributed by atoms with van der Waals surface area (Å²) in [5.41, 5.74) is 5.22. The first kappa shape index (κ1) is 24.0. The maximum atomic E-state index is 13.2. The quantitative estimate of drug-likeness (QED) is 0.696. The van der Waals surface area contributed by atoms with E-state index in [0.717, 1.165) is 66.6 Å². The molecule has 2 aliphatic heterocycles. The fourth-order valence-corrected chi connectivity index (χ4v) is 4.90. The number of anilines is 2. The van der Waals surface area contributed by atoms with Gasteiger partial charge in [-0.1, -0.05) is 13.0 Å². The number of urea groups is 1. The summed E-state index contributed by atoms with van der Waals surface area (Å²) in [7, 11) is 0. The molecule has 34 heavy (non-hydrogen) atoms. The number of carbonyl (C=O) groups is 1. The van der Waals surface area contributed by atoms with Crippen molar-refractivity contribution in [1.82, 2.24) is 25.2 Å². The van der Waals surface area contributed by atoms with Gasteiger partial charge in [-0.05, 0) is 59.1 Å². The number of piperazine rings is 1. The molecular formula is C26H37N7O. The fourth-order valence-electron chi connectivity index (χ4n) is 4.90. The van der Waals surface area contributed by atoms with E-state index in [1.54, 1.807) is 4.90 Å². The number of imidazole rings is 1. The highest BCUT2D eigenvalue weighted by Gasteiger charge is 2.32. The Hall–Kier alpha value is -3.13.